The number of benzene rings is 1. The highest BCUT2D eigenvalue weighted by molar-refractivity contribution is 9.10. The molecular formula is C12H12BrClO2. The molecule has 0 aliphatic carbocycles. The van der Waals surface area contributed by atoms with Crippen molar-refractivity contribution in [2.45, 2.75) is 12.3 Å². The van der Waals surface area contributed by atoms with Gasteiger partial charge in [-0.05, 0) is 24.1 Å². The van der Waals surface area contributed by atoms with Gasteiger partial charge in [0.15, 0.2) is 0 Å². The SMILES string of the molecule is C=C(CCl)CC(C(=O)O)c1ccc(Br)cc1. The summed E-state index contributed by atoms with van der Waals surface area (Å²) in [6.45, 7) is 3.73. The summed E-state index contributed by atoms with van der Waals surface area (Å²) in [6, 6.07) is 7.25. The minimum atomic E-state index is -0.853. The van der Waals surface area contributed by atoms with Gasteiger partial charge < -0.3 is 5.11 Å². The average molecular weight is 304 g/mol. The van der Waals surface area contributed by atoms with Crippen LogP contribution in [0.4, 0.5) is 0 Å². The highest BCUT2D eigenvalue weighted by Gasteiger charge is 2.20. The maximum absolute atomic E-state index is 11.1. The zero-order chi connectivity index (χ0) is 12.1. The number of allylic oxidation sites excluding steroid dienone is 1. The Balaban J connectivity index is 2.89. The first-order chi connectivity index (χ1) is 7.54. The minimum Gasteiger partial charge on any atom is -0.481 e. The molecule has 1 rings (SSSR count). The second kappa shape index (κ2) is 6.06. The van der Waals surface area contributed by atoms with E-state index < -0.39 is 11.9 Å². The predicted molar refractivity (Wildman–Crippen MR) is 69.0 cm³/mol. The van der Waals surface area contributed by atoms with Crippen molar-refractivity contribution >= 4 is 33.5 Å². The number of hydrogen-bond acceptors (Lipinski definition) is 1. The van der Waals surface area contributed by atoms with E-state index in [0.29, 0.717) is 12.3 Å². The van der Waals surface area contributed by atoms with Crippen molar-refractivity contribution in [1.82, 2.24) is 0 Å². The van der Waals surface area contributed by atoms with E-state index in [1.54, 1.807) is 12.1 Å². The van der Waals surface area contributed by atoms with Gasteiger partial charge in [0.05, 0.1) is 5.92 Å². The van der Waals surface area contributed by atoms with Crippen LogP contribution < -0.4 is 0 Å². The first-order valence-corrected chi connectivity index (χ1v) is 6.08. The molecule has 0 aliphatic rings. The van der Waals surface area contributed by atoms with Gasteiger partial charge in [-0.25, -0.2) is 0 Å². The first-order valence-electron chi connectivity index (χ1n) is 4.75. The molecule has 0 radical (unpaired) electrons. The van der Waals surface area contributed by atoms with E-state index in [-0.39, 0.29) is 0 Å². The Hall–Kier alpha value is -0.800. The number of carboxylic acids is 1. The van der Waals surface area contributed by atoms with Crippen molar-refractivity contribution in [2.75, 3.05) is 5.88 Å². The van der Waals surface area contributed by atoms with Gasteiger partial charge >= 0.3 is 5.97 Å². The number of aliphatic carboxylic acids is 1. The third-order valence-electron chi connectivity index (χ3n) is 2.25. The molecule has 0 saturated carbocycles. The Bertz CT molecular complexity index is 387. The molecule has 0 aromatic heterocycles. The molecule has 2 nitrogen and oxygen atoms in total. The third-order valence-corrected chi connectivity index (χ3v) is 3.16. The van der Waals surface area contributed by atoms with Crippen LogP contribution in [-0.2, 0) is 4.79 Å². The van der Waals surface area contributed by atoms with Gasteiger partial charge in [-0.15, -0.1) is 11.6 Å². The van der Waals surface area contributed by atoms with Crippen LogP contribution in [0.15, 0.2) is 40.9 Å². The van der Waals surface area contributed by atoms with E-state index >= 15 is 0 Å². The van der Waals surface area contributed by atoms with Gasteiger partial charge in [-0.1, -0.05) is 40.2 Å². The summed E-state index contributed by atoms with van der Waals surface area (Å²) in [5.74, 6) is -1.13. The molecule has 4 heteroatoms. The molecular weight excluding hydrogens is 291 g/mol. The molecule has 1 atom stereocenters. The van der Waals surface area contributed by atoms with Gasteiger partial charge in [0.1, 0.15) is 0 Å². The Kier molecular flexibility index (Phi) is 5.03. The lowest BCUT2D eigenvalue weighted by atomic mass is 9.93. The fourth-order valence-corrected chi connectivity index (χ4v) is 1.76. The Morgan fingerprint density at radius 1 is 1.44 bits per heavy atom. The van der Waals surface area contributed by atoms with Gasteiger partial charge in [0.2, 0.25) is 0 Å². The fraction of sp³-hybridized carbons (Fsp3) is 0.250. The lowest BCUT2D eigenvalue weighted by Crippen LogP contribution is -2.12. The van der Waals surface area contributed by atoms with Crippen LogP contribution in [0.2, 0.25) is 0 Å². The summed E-state index contributed by atoms with van der Waals surface area (Å²) < 4.78 is 0.927. The number of alkyl halides is 1. The summed E-state index contributed by atoms with van der Waals surface area (Å²) in [5.41, 5.74) is 1.50. The summed E-state index contributed by atoms with van der Waals surface area (Å²) >= 11 is 8.92. The topological polar surface area (TPSA) is 37.3 Å². The Labute approximate surface area is 108 Å². The normalized spacial score (nSPS) is 12.1. The Morgan fingerprint density at radius 2 is 2.00 bits per heavy atom. The van der Waals surface area contributed by atoms with Crippen LogP contribution >= 0.6 is 27.5 Å². The summed E-state index contributed by atoms with van der Waals surface area (Å²) in [5, 5.41) is 9.14. The number of carboxylic acid groups (broad SMARTS) is 1. The second-order valence-corrected chi connectivity index (χ2v) is 4.71. The van der Waals surface area contributed by atoms with Gasteiger partial charge in [-0.3, -0.25) is 4.79 Å². The largest absolute Gasteiger partial charge is 0.481 e. The van der Waals surface area contributed by atoms with E-state index in [2.05, 4.69) is 22.5 Å². The number of hydrogen-bond donors (Lipinski definition) is 1. The van der Waals surface area contributed by atoms with Gasteiger partial charge in [0.25, 0.3) is 0 Å². The van der Waals surface area contributed by atoms with Crippen LogP contribution in [0.1, 0.15) is 17.9 Å². The average Bonchev–Trinajstić information content (AvgIpc) is 2.26. The van der Waals surface area contributed by atoms with Crippen LogP contribution in [0.5, 0.6) is 0 Å². The number of rotatable bonds is 5. The maximum Gasteiger partial charge on any atom is 0.311 e. The molecule has 1 N–H and O–H groups in total. The molecule has 0 bridgehead atoms. The van der Waals surface area contributed by atoms with Crippen molar-refractivity contribution in [2.24, 2.45) is 0 Å². The smallest absolute Gasteiger partial charge is 0.311 e. The van der Waals surface area contributed by atoms with E-state index in [4.69, 9.17) is 16.7 Å². The van der Waals surface area contributed by atoms with Crippen LogP contribution in [0.3, 0.4) is 0 Å². The van der Waals surface area contributed by atoms with E-state index in [1.165, 1.54) is 0 Å². The summed E-state index contributed by atoms with van der Waals surface area (Å²) in [6.07, 6.45) is 0.375. The first kappa shape index (κ1) is 13.3. The van der Waals surface area contributed by atoms with Gasteiger partial charge in [-0.2, -0.15) is 0 Å². The van der Waals surface area contributed by atoms with Crippen molar-refractivity contribution < 1.29 is 9.90 Å². The number of carbonyl (C=O) groups is 1. The molecule has 0 amide bonds. The molecule has 1 unspecified atom stereocenters. The minimum absolute atomic E-state index is 0.292. The lowest BCUT2D eigenvalue weighted by molar-refractivity contribution is -0.138. The fourth-order valence-electron chi connectivity index (χ4n) is 1.39. The molecule has 0 saturated heterocycles. The van der Waals surface area contributed by atoms with E-state index in [9.17, 15) is 4.79 Å². The summed E-state index contributed by atoms with van der Waals surface area (Å²) in [7, 11) is 0. The third kappa shape index (κ3) is 3.65. The van der Waals surface area contributed by atoms with Crippen LogP contribution in [0, 0.1) is 0 Å². The predicted octanol–water partition coefficient (Wildman–Crippen LogP) is 3.80. The molecule has 0 aliphatic heterocycles. The standard InChI is InChI=1S/C12H12BrClO2/c1-8(7-14)6-11(12(15)16)9-2-4-10(13)5-3-9/h2-5,11H,1,6-7H2,(H,15,16). The van der Waals surface area contributed by atoms with Gasteiger partial charge in [0, 0.05) is 10.4 Å². The molecule has 16 heavy (non-hydrogen) atoms. The van der Waals surface area contributed by atoms with Crippen molar-refractivity contribution in [1.29, 1.82) is 0 Å². The molecule has 0 spiro atoms. The van der Waals surface area contributed by atoms with Crippen LogP contribution in [0.25, 0.3) is 0 Å². The van der Waals surface area contributed by atoms with Crippen molar-refractivity contribution in [3.63, 3.8) is 0 Å². The second-order valence-electron chi connectivity index (χ2n) is 3.53. The maximum atomic E-state index is 11.1. The highest BCUT2D eigenvalue weighted by Crippen LogP contribution is 2.25. The Morgan fingerprint density at radius 3 is 2.44 bits per heavy atom. The van der Waals surface area contributed by atoms with Crippen LogP contribution in [-0.4, -0.2) is 17.0 Å². The highest BCUT2D eigenvalue weighted by atomic mass is 79.9. The zero-order valence-electron chi connectivity index (χ0n) is 8.62. The molecule has 1 aromatic carbocycles. The molecule has 0 fully saturated rings. The lowest BCUT2D eigenvalue weighted by Gasteiger charge is -2.13. The summed E-state index contributed by atoms with van der Waals surface area (Å²) in [4.78, 5) is 11.1. The van der Waals surface area contributed by atoms with E-state index in [0.717, 1.165) is 15.6 Å². The quantitative estimate of drug-likeness (QED) is 0.663. The zero-order valence-corrected chi connectivity index (χ0v) is 11.0. The monoisotopic (exact) mass is 302 g/mol. The van der Waals surface area contributed by atoms with E-state index in [1.807, 2.05) is 12.1 Å². The molecule has 1 aromatic rings. The van der Waals surface area contributed by atoms with Crippen molar-refractivity contribution in [3.05, 3.63) is 46.5 Å². The molecule has 86 valence electrons. The molecule has 0 heterocycles. The number of halogens is 2. The van der Waals surface area contributed by atoms with Crippen molar-refractivity contribution in [3.8, 4) is 0 Å².